The van der Waals surface area contributed by atoms with Crippen LogP contribution in [0.25, 0.3) is 0 Å². The first-order chi connectivity index (χ1) is 14.4. The number of rotatable bonds is 4. The Morgan fingerprint density at radius 1 is 1.20 bits per heavy atom. The first-order valence-corrected chi connectivity index (χ1v) is 11.4. The van der Waals surface area contributed by atoms with Crippen molar-refractivity contribution in [2.24, 2.45) is 11.3 Å². The number of amides is 2. The van der Waals surface area contributed by atoms with Crippen molar-refractivity contribution in [2.75, 3.05) is 29.9 Å². The number of carbonyl (C=O) groups excluding carboxylic acids is 2. The van der Waals surface area contributed by atoms with Crippen LogP contribution in [-0.4, -0.2) is 58.6 Å². The van der Waals surface area contributed by atoms with Crippen LogP contribution >= 0.6 is 0 Å². The van der Waals surface area contributed by atoms with Crippen molar-refractivity contribution < 1.29 is 14.7 Å². The Balaban J connectivity index is 1.42. The molecule has 3 aliphatic rings. The minimum Gasteiger partial charge on any atom is -0.393 e. The molecule has 2 amide bonds. The molecule has 164 valence electrons. The Hall–Kier alpha value is -2.15. The summed E-state index contributed by atoms with van der Waals surface area (Å²) in [4.78, 5) is 34.2. The number of aliphatic hydroxyl groups excluding tert-OH is 1. The molecule has 4 rings (SSSR count). The first-order valence-electron chi connectivity index (χ1n) is 11.4. The molecule has 0 bridgehead atoms. The first kappa shape index (κ1) is 21.1. The maximum absolute atomic E-state index is 13.4. The summed E-state index contributed by atoms with van der Waals surface area (Å²) in [5, 5.41) is 12.7. The van der Waals surface area contributed by atoms with Gasteiger partial charge in [0.25, 0.3) is 0 Å². The van der Waals surface area contributed by atoms with Gasteiger partial charge in [-0.25, -0.2) is 4.98 Å². The Bertz CT molecular complexity index is 773. The second-order valence-electron chi connectivity index (χ2n) is 9.57. The molecule has 1 aliphatic carbocycles. The Morgan fingerprint density at radius 2 is 1.97 bits per heavy atom. The molecule has 1 spiro atoms. The van der Waals surface area contributed by atoms with Gasteiger partial charge in [-0.2, -0.15) is 0 Å². The quantitative estimate of drug-likeness (QED) is 0.791. The lowest BCUT2D eigenvalue weighted by Gasteiger charge is -2.41. The van der Waals surface area contributed by atoms with Gasteiger partial charge in [-0.05, 0) is 57.1 Å². The lowest BCUT2D eigenvalue weighted by Crippen LogP contribution is -2.50. The van der Waals surface area contributed by atoms with Crippen molar-refractivity contribution in [2.45, 2.75) is 70.9 Å². The molecule has 1 aromatic heterocycles. The average Bonchev–Trinajstić information content (AvgIpc) is 3.04. The number of piperidine rings is 1. The summed E-state index contributed by atoms with van der Waals surface area (Å²) in [5.74, 6) is 1.07. The maximum Gasteiger partial charge on any atom is 0.230 e. The number of aliphatic hydroxyl groups is 1. The lowest BCUT2D eigenvalue weighted by atomic mass is 9.78. The van der Waals surface area contributed by atoms with Gasteiger partial charge in [0.05, 0.1) is 23.4 Å². The predicted molar refractivity (Wildman–Crippen MR) is 116 cm³/mol. The standard InChI is InChI=1S/C23H34N4O3/c1-16(2)21(29)25-17-4-9-20(24-14-17)26-12-3-10-23(15-26)11-13-27(22(23)30)18-5-7-19(28)8-6-18/h4,9,14,16,18-19,28H,3,5-8,10-13,15H2,1-2H3,(H,25,29)/t18-,19-,23-/m0/s1. The minimum atomic E-state index is -0.305. The molecule has 2 aliphatic heterocycles. The molecular formula is C23H34N4O3. The van der Waals surface area contributed by atoms with Crippen molar-refractivity contribution in [1.29, 1.82) is 0 Å². The maximum atomic E-state index is 13.4. The van der Waals surface area contributed by atoms with Crippen LogP contribution in [0.1, 0.15) is 58.8 Å². The van der Waals surface area contributed by atoms with Crippen molar-refractivity contribution in [1.82, 2.24) is 9.88 Å². The van der Waals surface area contributed by atoms with Gasteiger partial charge in [-0.1, -0.05) is 13.8 Å². The molecule has 2 N–H and O–H groups in total. The zero-order chi connectivity index (χ0) is 21.3. The third-order valence-electron chi connectivity index (χ3n) is 7.09. The fraction of sp³-hybridized carbons (Fsp3) is 0.696. The lowest BCUT2D eigenvalue weighted by molar-refractivity contribution is -0.139. The van der Waals surface area contributed by atoms with Crippen LogP contribution in [-0.2, 0) is 9.59 Å². The van der Waals surface area contributed by atoms with E-state index in [1.54, 1.807) is 6.20 Å². The highest BCUT2D eigenvalue weighted by Crippen LogP contribution is 2.43. The smallest absolute Gasteiger partial charge is 0.230 e. The zero-order valence-corrected chi connectivity index (χ0v) is 18.1. The second-order valence-corrected chi connectivity index (χ2v) is 9.57. The molecule has 1 aromatic rings. The molecule has 3 heterocycles. The SMILES string of the molecule is CC(C)C(=O)Nc1ccc(N2CCC[C@]3(CCN([C@H]4CC[C@H](O)CC4)C3=O)C2)nc1. The van der Waals surface area contributed by atoms with E-state index in [1.165, 1.54) is 0 Å². The zero-order valence-electron chi connectivity index (χ0n) is 18.1. The largest absolute Gasteiger partial charge is 0.393 e. The Kier molecular flexibility index (Phi) is 6.00. The molecule has 1 saturated carbocycles. The van der Waals surface area contributed by atoms with Crippen LogP contribution in [0.2, 0.25) is 0 Å². The number of anilines is 2. The summed E-state index contributed by atoms with van der Waals surface area (Å²) in [6.45, 7) is 6.17. The van der Waals surface area contributed by atoms with E-state index in [0.29, 0.717) is 18.1 Å². The summed E-state index contributed by atoms with van der Waals surface area (Å²) >= 11 is 0. The third-order valence-corrected chi connectivity index (χ3v) is 7.09. The molecule has 7 nitrogen and oxygen atoms in total. The highest BCUT2D eigenvalue weighted by Gasteiger charge is 2.50. The van der Waals surface area contributed by atoms with E-state index in [2.05, 4.69) is 20.1 Å². The van der Waals surface area contributed by atoms with Gasteiger partial charge >= 0.3 is 0 Å². The molecule has 2 saturated heterocycles. The normalized spacial score (nSPS) is 29.7. The van der Waals surface area contributed by atoms with Crippen LogP contribution in [0.4, 0.5) is 11.5 Å². The molecule has 1 atom stereocenters. The molecule has 0 radical (unpaired) electrons. The number of hydrogen-bond donors (Lipinski definition) is 2. The van der Waals surface area contributed by atoms with Crippen molar-refractivity contribution in [3.05, 3.63) is 18.3 Å². The monoisotopic (exact) mass is 414 g/mol. The predicted octanol–water partition coefficient (Wildman–Crippen LogP) is 2.80. The van der Waals surface area contributed by atoms with Gasteiger partial charge in [0.15, 0.2) is 0 Å². The van der Waals surface area contributed by atoms with E-state index in [4.69, 9.17) is 0 Å². The number of nitrogens with zero attached hydrogens (tertiary/aromatic N) is 3. The highest BCUT2D eigenvalue weighted by atomic mass is 16.3. The van der Waals surface area contributed by atoms with Gasteiger partial charge in [0.2, 0.25) is 11.8 Å². The molecule has 0 unspecified atom stereocenters. The topological polar surface area (TPSA) is 85.8 Å². The van der Waals surface area contributed by atoms with E-state index >= 15 is 0 Å². The number of pyridine rings is 1. The fourth-order valence-electron chi connectivity index (χ4n) is 5.21. The number of aromatic nitrogens is 1. The van der Waals surface area contributed by atoms with Crippen molar-refractivity contribution in [3.63, 3.8) is 0 Å². The van der Waals surface area contributed by atoms with Crippen LogP contribution in [0.3, 0.4) is 0 Å². The number of hydrogen-bond acceptors (Lipinski definition) is 5. The fourth-order valence-corrected chi connectivity index (χ4v) is 5.21. The van der Waals surface area contributed by atoms with Crippen molar-refractivity contribution >= 4 is 23.3 Å². The van der Waals surface area contributed by atoms with Crippen LogP contribution in [0, 0.1) is 11.3 Å². The molecule has 0 aromatic carbocycles. The van der Waals surface area contributed by atoms with Gasteiger partial charge in [0.1, 0.15) is 5.82 Å². The molecule has 30 heavy (non-hydrogen) atoms. The summed E-state index contributed by atoms with van der Waals surface area (Å²) in [7, 11) is 0. The van der Waals surface area contributed by atoms with E-state index in [0.717, 1.165) is 63.9 Å². The van der Waals surface area contributed by atoms with Crippen molar-refractivity contribution in [3.8, 4) is 0 Å². The van der Waals surface area contributed by atoms with Gasteiger partial charge < -0.3 is 20.2 Å². The molecular weight excluding hydrogens is 380 g/mol. The Labute approximate surface area is 178 Å². The van der Waals surface area contributed by atoms with E-state index in [-0.39, 0.29) is 29.4 Å². The third kappa shape index (κ3) is 4.17. The minimum absolute atomic E-state index is 0.0200. The molecule has 7 heteroatoms. The van der Waals surface area contributed by atoms with Gasteiger partial charge in [-0.15, -0.1) is 0 Å². The van der Waals surface area contributed by atoms with E-state index < -0.39 is 0 Å². The Morgan fingerprint density at radius 3 is 2.63 bits per heavy atom. The van der Waals surface area contributed by atoms with E-state index in [1.807, 2.05) is 26.0 Å². The number of nitrogens with one attached hydrogen (secondary N) is 1. The highest BCUT2D eigenvalue weighted by molar-refractivity contribution is 5.92. The summed E-state index contributed by atoms with van der Waals surface area (Å²) in [5.41, 5.74) is 0.396. The van der Waals surface area contributed by atoms with Gasteiger partial charge in [0, 0.05) is 31.6 Å². The van der Waals surface area contributed by atoms with Crippen LogP contribution in [0.5, 0.6) is 0 Å². The van der Waals surface area contributed by atoms with Gasteiger partial charge in [-0.3, -0.25) is 9.59 Å². The van der Waals surface area contributed by atoms with Crippen LogP contribution in [0.15, 0.2) is 18.3 Å². The molecule has 3 fully saturated rings. The summed E-state index contributed by atoms with van der Waals surface area (Å²) in [6, 6.07) is 4.12. The van der Waals surface area contributed by atoms with E-state index in [9.17, 15) is 14.7 Å². The average molecular weight is 415 g/mol. The number of carbonyl (C=O) groups is 2. The summed E-state index contributed by atoms with van der Waals surface area (Å²) < 4.78 is 0. The second kappa shape index (κ2) is 8.53. The van der Waals surface area contributed by atoms with Crippen LogP contribution < -0.4 is 10.2 Å². The summed E-state index contributed by atoms with van der Waals surface area (Å²) in [6.07, 6.45) is 7.77. The number of likely N-dealkylation sites (tertiary alicyclic amines) is 1.